The van der Waals surface area contributed by atoms with Crippen molar-refractivity contribution in [3.63, 3.8) is 0 Å². The van der Waals surface area contributed by atoms with Gasteiger partial charge in [0.2, 0.25) is 5.91 Å². The van der Waals surface area contributed by atoms with E-state index in [1.54, 1.807) is 60.9 Å². The van der Waals surface area contributed by atoms with Crippen LogP contribution in [0.4, 0.5) is 25.0 Å². The van der Waals surface area contributed by atoms with Gasteiger partial charge in [0.15, 0.2) is 6.17 Å². The fourth-order valence-corrected chi connectivity index (χ4v) is 6.05. The summed E-state index contributed by atoms with van der Waals surface area (Å²) in [5.41, 5.74) is 7.77. The average Bonchev–Trinajstić information content (AvgIpc) is 3.37. The molecule has 0 radical (unpaired) electrons. The molecule has 2 aliphatic rings. The summed E-state index contributed by atoms with van der Waals surface area (Å²) in [6.07, 6.45) is -1.40. The number of nitrogens with one attached hydrogen (secondary N) is 2. The number of primary amides is 1. The van der Waals surface area contributed by atoms with E-state index < -0.39 is 47.4 Å². The summed E-state index contributed by atoms with van der Waals surface area (Å²) in [5, 5.41) is 3.19. The van der Waals surface area contributed by atoms with Crippen LogP contribution in [0.3, 0.4) is 0 Å². The van der Waals surface area contributed by atoms with Gasteiger partial charge >= 0.3 is 12.1 Å². The van der Waals surface area contributed by atoms with Gasteiger partial charge in [-0.1, -0.05) is 6.07 Å². The average molecular weight is 646 g/mol. The molecule has 47 heavy (non-hydrogen) atoms. The Balaban J connectivity index is 1.35. The monoisotopic (exact) mass is 645 g/mol. The number of aromatic nitrogens is 1. The van der Waals surface area contributed by atoms with Crippen molar-refractivity contribution in [1.82, 2.24) is 15.2 Å². The van der Waals surface area contributed by atoms with Gasteiger partial charge in [0.1, 0.15) is 29.0 Å². The molecule has 4 aromatic rings. The number of hydrogen-bond donors (Lipinski definition) is 3. The number of fused-ring (bicyclic) bond motifs is 6. The van der Waals surface area contributed by atoms with Gasteiger partial charge in [-0.2, -0.15) is 0 Å². The molecule has 3 heterocycles. The zero-order chi connectivity index (χ0) is 33.6. The van der Waals surface area contributed by atoms with E-state index in [0.29, 0.717) is 29.0 Å². The van der Waals surface area contributed by atoms with Gasteiger partial charge in [0, 0.05) is 29.6 Å². The Morgan fingerprint density at radius 2 is 1.83 bits per heavy atom. The largest absolute Gasteiger partial charge is 0.444 e. The smallest absolute Gasteiger partial charge is 0.408 e. The molecule has 0 saturated carbocycles. The maximum atomic E-state index is 14.5. The van der Waals surface area contributed by atoms with Crippen molar-refractivity contribution in [2.45, 2.75) is 57.8 Å². The summed E-state index contributed by atoms with van der Waals surface area (Å²) in [4.78, 5) is 57.6. The quantitative estimate of drug-likeness (QED) is 0.181. The molecule has 3 amide bonds. The number of anilines is 2. The van der Waals surface area contributed by atoms with Crippen molar-refractivity contribution >= 4 is 46.2 Å². The van der Waals surface area contributed by atoms with Gasteiger partial charge in [-0.15, -0.1) is 0 Å². The fourth-order valence-electron chi connectivity index (χ4n) is 6.05. The third-order valence-electron chi connectivity index (χ3n) is 7.98. The van der Waals surface area contributed by atoms with Crippen LogP contribution in [0, 0.1) is 11.6 Å². The van der Waals surface area contributed by atoms with Crippen molar-refractivity contribution in [3.8, 4) is 5.75 Å². The number of esters is 1. The number of aromatic amines is 1. The van der Waals surface area contributed by atoms with Crippen molar-refractivity contribution < 1.29 is 37.4 Å². The van der Waals surface area contributed by atoms with Crippen LogP contribution in [0.15, 0.2) is 60.7 Å². The van der Waals surface area contributed by atoms with Gasteiger partial charge in [-0.25, -0.2) is 18.4 Å². The number of amides is 3. The summed E-state index contributed by atoms with van der Waals surface area (Å²) in [5.74, 6) is -2.65. The van der Waals surface area contributed by atoms with Gasteiger partial charge in [-0.3, -0.25) is 9.59 Å². The summed E-state index contributed by atoms with van der Waals surface area (Å²) in [6, 6.07) is 13.7. The van der Waals surface area contributed by atoms with Crippen LogP contribution in [-0.2, 0) is 20.7 Å². The maximum Gasteiger partial charge on any atom is 0.408 e. The van der Waals surface area contributed by atoms with E-state index >= 15 is 0 Å². The maximum absolute atomic E-state index is 14.5. The van der Waals surface area contributed by atoms with E-state index in [0.717, 1.165) is 10.9 Å². The van der Waals surface area contributed by atoms with Gasteiger partial charge in [0.25, 0.3) is 5.91 Å². The number of halogens is 2. The van der Waals surface area contributed by atoms with Crippen molar-refractivity contribution in [2.75, 3.05) is 11.4 Å². The highest BCUT2D eigenvalue weighted by molar-refractivity contribution is 6.04. The Bertz CT molecular complexity index is 1920. The number of rotatable bonds is 7. The molecule has 0 saturated heterocycles. The Kier molecular flexibility index (Phi) is 8.08. The summed E-state index contributed by atoms with van der Waals surface area (Å²) in [6.45, 7) is 5.31. The molecular weight excluding hydrogens is 612 g/mol. The minimum absolute atomic E-state index is 0.0952. The van der Waals surface area contributed by atoms with Crippen molar-refractivity contribution in [3.05, 3.63) is 89.1 Å². The van der Waals surface area contributed by atoms with E-state index in [1.807, 2.05) is 0 Å². The third kappa shape index (κ3) is 6.33. The molecular formula is C34H33F2N5O6. The highest BCUT2D eigenvalue weighted by Crippen LogP contribution is 2.47. The van der Waals surface area contributed by atoms with Gasteiger partial charge < -0.3 is 35.3 Å². The molecule has 2 atom stereocenters. The number of benzene rings is 3. The van der Waals surface area contributed by atoms with Crippen molar-refractivity contribution in [2.24, 2.45) is 5.73 Å². The van der Waals surface area contributed by atoms with Crippen molar-refractivity contribution in [1.29, 1.82) is 0 Å². The zero-order valence-electron chi connectivity index (χ0n) is 25.9. The molecule has 4 N–H and O–H groups in total. The number of hydrogen-bond acceptors (Lipinski definition) is 7. The summed E-state index contributed by atoms with van der Waals surface area (Å²) >= 11 is 0. The second-order valence-corrected chi connectivity index (χ2v) is 12.5. The summed E-state index contributed by atoms with van der Waals surface area (Å²) in [7, 11) is 0. The molecule has 0 aliphatic carbocycles. The molecule has 2 aliphatic heterocycles. The third-order valence-corrected chi connectivity index (χ3v) is 7.98. The minimum Gasteiger partial charge on any atom is -0.444 e. The first-order valence-electron chi connectivity index (χ1n) is 15.1. The van der Waals surface area contributed by atoms with E-state index in [1.165, 1.54) is 30.3 Å². The lowest BCUT2D eigenvalue weighted by molar-refractivity contribution is -0.137. The lowest BCUT2D eigenvalue weighted by atomic mass is 9.95. The van der Waals surface area contributed by atoms with Gasteiger partial charge in [0.05, 0.1) is 16.9 Å². The molecule has 1 aromatic heterocycles. The van der Waals surface area contributed by atoms with Crippen LogP contribution in [0.25, 0.3) is 10.9 Å². The van der Waals surface area contributed by atoms with E-state index in [4.69, 9.17) is 15.2 Å². The minimum atomic E-state index is -1.21. The predicted octanol–water partition coefficient (Wildman–Crippen LogP) is 5.36. The highest BCUT2D eigenvalue weighted by atomic mass is 19.1. The second-order valence-electron chi connectivity index (χ2n) is 12.5. The van der Waals surface area contributed by atoms with E-state index in [2.05, 4.69) is 10.3 Å². The Morgan fingerprint density at radius 3 is 2.55 bits per heavy atom. The first kappa shape index (κ1) is 31.5. The number of nitrogens with zero attached hydrogens (tertiary/aromatic N) is 2. The van der Waals surface area contributed by atoms with Crippen LogP contribution < -0.4 is 20.7 Å². The second kappa shape index (κ2) is 12.0. The molecule has 3 aromatic carbocycles. The molecule has 0 fully saturated rings. The number of ether oxygens (including phenoxy) is 2. The van der Waals surface area contributed by atoms with Crippen LogP contribution >= 0.6 is 0 Å². The normalized spacial score (nSPS) is 16.2. The number of carbonyl (C=O) groups excluding carboxylic acids is 4. The van der Waals surface area contributed by atoms with Crippen LogP contribution in [0.1, 0.15) is 61.4 Å². The lowest BCUT2D eigenvalue weighted by Crippen LogP contribution is -2.50. The van der Waals surface area contributed by atoms with Gasteiger partial charge in [-0.05, 0) is 93.8 Å². The molecule has 0 bridgehead atoms. The van der Waals surface area contributed by atoms with Crippen LogP contribution in [-0.4, -0.2) is 51.9 Å². The molecule has 244 valence electrons. The Labute approximate surface area is 268 Å². The molecule has 0 spiro atoms. The molecule has 0 unspecified atom stereocenters. The summed E-state index contributed by atoms with van der Waals surface area (Å²) < 4.78 is 39.7. The predicted molar refractivity (Wildman–Crippen MR) is 168 cm³/mol. The molecule has 11 nitrogen and oxygen atoms in total. The first-order chi connectivity index (χ1) is 22.3. The first-order valence-corrected chi connectivity index (χ1v) is 15.1. The lowest BCUT2D eigenvalue weighted by Gasteiger charge is -2.47. The van der Waals surface area contributed by atoms with E-state index in [-0.39, 0.29) is 36.6 Å². The Hall–Kier alpha value is -5.46. The van der Waals surface area contributed by atoms with Crippen LogP contribution in [0.5, 0.6) is 5.75 Å². The SMILES string of the molecule is CC(C)(C)OC(=O)N[C@@H](CCC(N)=O)C(=O)Oc1ccc2[nH]c3c(c2c1)CCN1C(=O)c2cc(F)ccc2N(c2cccc(F)c2)[C@H]31. The van der Waals surface area contributed by atoms with E-state index in [9.17, 15) is 28.0 Å². The number of carbonyl (C=O) groups is 4. The molecule has 13 heteroatoms. The molecule has 6 rings (SSSR count). The Morgan fingerprint density at radius 1 is 1.06 bits per heavy atom. The number of nitrogens with two attached hydrogens (primary N) is 1. The fraction of sp³-hybridized carbons (Fsp3) is 0.294. The van der Waals surface area contributed by atoms with Crippen LogP contribution in [0.2, 0.25) is 0 Å². The highest BCUT2D eigenvalue weighted by Gasteiger charge is 2.44. The number of H-pyrrole nitrogens is 1. The standard InChI is InChI=1S/C34H33F2N5O6/c1-34(2,3)47-33(45)39-26(10-12-28(37)42)32(44)46-21-8-9-25-23(17-21)22-13-14-40-30(29(22)38-25)41(20-6-4-5-18(35)15-20)27-11-7-19(36)16-24(27)31(40)43/h4-9,11,15-17,26,30,38H,10,12-14H2,1-3H3,(H2,37,42)(H,39,45)/t26-,30+/m0/s1. The zero-order valence-corrected chi connectivity index (χ0v) is 25.9. The topological polar surface area (TPSA) is 147 Å². The number of alkyl carbamates (subject to hydrolysis) is 1.